The molecule has 4 aromatic carbocycles. The van der Waals surface area contributed by atoms with Crippen LogP contribution in [0.2, 0.25) is 0 Å². The van der Waals surface area contributed by atoms with E-state index >= 15 is 0 Å². The number of fused-ring (bicyclic) bond motifs is 4. The number of pyridine rings is 2. The Morgan fingerprint density at radius 3 is 2.29 bits per heavy atom. The lowest BCUT2D eigenvalue weighted by Gasteiger charge is -2.16. The molecule has 2 amide bonds. The van der Waals surface area contributed by atoms with Gasteiger partial charge in [0, 0.05) is 38.7 Å². The van der Waals surface area contributed by atoms with Crippen molar-refractivity contribution in [3.05, 3.63) is 156 Å². The number of aromatic nitrogens is 4. The highest BCUT2D eigenvalue weighted by atomic mass is 32.2. The van der Waals surface area contributed by atoms with Gasteiger partial charge in [0.2, 0.25) is 0 Å². The van der Waals surface area contributed by atoms with Gasteiger partial charge in [-0.05, 0) is 82.8 Å². The molecule has 0 unspecified atom stereocenters. The van der Waals surface area contributed by atoms with E-state index in [1.807, 2.05) is 66.7 Å². The summed E-state index contributed by atoms with van der Waals surface area (Å²) in [5.74, 6) is -0.292. The van der Waals surface area contributed by atoms with Crippen LogP contribution in [0.3, 0.4) is 0 Å². The van der Waals surface area contributed by atoms with Crippen LogP contribution in [0.1, 0.15) is 52.9 Å². The number of ether oxygens (including phenoxy) is 1. The van der Waals surface area contributed by atoms with Crippen molar-refractivity contribution in [2.24, 2.45) is 0 Å². The van der Waals surface area contributed by atoms with E-state index in [2.05, 4.69) is 69.0 Å². The third-order valence-electron chi connectivity index (χ3n) is 9.24. The van der Waals surface area contributed by atoms with Gasteiger partial charge in [-0.3, -0.25) is 15.1 Å². The van der Waals surface area contributed by atoms with Crippen molar-refractivity contribution in [2.45, 2.75) is 35.5 Å². The highest BCUT2D eigenvalue weighted by molar-refractivity contribution is 7.99. The van der Waals surface area contributed by atoms with Crippen LogP contribution in [0.15, 0.2) is 138 Å². The number of hydrogen-bond donors (Lipinski definition) is 3. The van der Waals surface area contributed by atoms with Crippen molar-refractivity contribution in [2.75, 3.05) is 22.6 Å². The Balaban J connectivity index is 0.995. The SMILES string of the molecule is CC(C)c1ccc2c(Nc3cc(C(=O)Nc4cncc(F)c4)ccc3Sc3ccc(NC(=O)OCC4c5ccccc5-c5ccccc54)cc3)ncnc2n1. The molecule has 0 radical (unpaired) electrons. The summed E-state index contributed by atoms with van der Waals surface area (Å²) in [5.41, 5.74) is 7.84. The molecule has 3 heterocycles. The predicted octanol–water partition coefficient (Wildman–Crippen LogP) is 10.2. The third kappa shape index (κ3) is 7.71. The lowest BCUT2D eigenvalue weighted by atomic mass is 9.98. The van der Waals surface area contributed by atoms with E-state index in [0.29, 0.717) is 33.8 Å². The Hall–Kier alpha value is -6.66. The molecule has 0 spiro atoms. The highest BCUT2D eigenvalue weighted by Crippen LogP contribution is 2.44. The van der Waals surface area contributed by atoms with E-state index in [-0.39, 0.29) is 24.1 Å². The maximum absolute atomic E-state index is 13.8. The van der Waals surface area contributed by atoms with Crippen LogP contribution in [0, 0.1) is 5.82 Å². The van der Waals surface area contributed by atoms with E-state index in [9.17, 15) is 14.0 Å². The summed E-state index contributed by atoms with van der Waals surface area (Å²) in [6.07, 6.45) is 3.36. The van der Waals surface area contributed by atoms with Gasteiger partial charge in [0.25, 0.3) is 5.91 Å². The summed E-state index contributed by atoms with van der Waals surface area (Å²) in [5, 5.41) is 9.67. The molecule has 0 atom stereocenters. The second-order valence-corrected chi connectivity index (χ2v) is 14.4. The fraction of sp³-hybridized carbons (Fsp3) is 0.116. The Bertz CT molecular complexity index is 2520. The molecular formula is C43H34FN7O3S. The average Bonchev–Trinajstić information content (AvgIpc) is 3.51. The van der Waals surface area contributed by atoms with Crippen LogP contribution < -0.4 is 16.0 Å². The van der Waals surface area contributed by atoms with Crippen LogP contribution >= 0.6 is 11.8 Å². The minimum atomic E-state index is -0.559. The minimum Gasteiger partial charge on any atom is -0.448 e. The van der Waals surface area contributed by atoms with Crippen molar-refractivity contribution in [1.29, 1.82) is 0 Å². The number of anilines is 4. The van der Waals surface area contributed by atoms with Crippen LogP contribution in [0.5, 0.6) is 0 Å². The van der Waals surface area contributed by atoms with Crippen LogP contribution in [-0.2, 0) is 4.74 Å². The zero-order valence-corrected chi connectivity index (χ0v) is 30.6. The van der Waals surface area contributed by atoms with Crippen LogP contribution in [-0.4, -0.2) is 38.5 Å². The average molecular weight is 748 g/mol. The lowest BCUT2D eigenvalue weighted by molar-refractivity contribution is 0.102. The van der Waals surface area contributed by atoms with Gasteiger partial charge in [-0.15, -0.1) is 0 Å². The second kappa shape index (κ2) is 15.4. The summed E-state index contributed by atoms with van der Waals surface area (Å²) in [6.45, 7) is 4.35. The topological polar surface area (TPSA) is 131 Å². The lowest BCUT2D eigenvalue weighted by Crippen LogP contribution is -2.17. The minimum absolute atomic E-state index is 0.0374. The molecule has 272 valence electrons. The molecule has 8 rings (SSSR count). The van der Waals surface area contributed by atoms with Gasteiger partial charge >= 0.3 is 6.09 Å². The Kier molecular flexibility index (Phi) is 9.88. The molecule has 3 aromatic heterocycles. The van der Waals surface area contributed by atoms with E-state index in [1.165, 1.54) is 41.5 Å². The van der Waals surface area contributed by atoms with Crippen LogP contribution in [0.4, 0.5) is 32.1 Å². The fourth-order valence-corrected chi connectivity index (χ4v) is 7.41. The maximum Gasteiger partial charge on any atom is 0.411 e. The van der Waals surface area contributed by atoms with Crippen molar-refractivity contribution in [3.63, 3.8) is 0 Å². The van der Waals surface area contributed by atoms with Gasteiger partial charge in [-0.25, -0.2) is 24.1 Å². The van der Waals surface area contributed by atoms with Crippen molar-refractivity contribution >= 4 is 57.7 Å². The number of halogens is 1. The molecule has 0 aliphatic heterocycles. The number of nitrogens with one attached hydrogen (secondary N) is 3. The first-order valence-electron chi connectivity index (χ1n) is 17.6. The Labute approximate surface area is 320 Å². The zero-order valence-electron chi connectivity index (χ0n) is 29.8. The quantitative estimate of drug-likeness (QED) is 0.125. The van der Waals surface area contributed by atoms with Crippen molar-refractivity contribution in [3.8, 4) is 11.1 Å². The standard InChI is InChI=1S/C43H34FN7O3S/c1-25(2)37-17-16-35-40(50-37)46-24-47-41(35)51-38-19-26(42(52)48-29-20-27(44)21-45-22-29)11-18-39(38)55-30-14-12-28(13-15-30)49-43(53)54-23-36-33-9-5-3-7-31(33)32-8-4-6-10-34(32)36/h3-22,24-25,36H,23H2,1-2H3,(H,48,52)(H,49,53)(H,46,47,50,51). The largest absolute Gasteiger partial charge is 0.448 e. The molecular weight excluding hydrogens is 714 g/mol. The molecule has 0 bridgehead atoms. The number of carbonyl (C=O) groups excluding carboxylic acids is 2. The molecule has 10 nitrogen and oxygen atoms in total. The number of carbonyl (C=O) groups is 2. The van der Waals surface area contributed by atoms with Crippen LogP contribution in [0.25, 0.3) is 22.2 Å². The highest BCUT2D eigenvalue weighted by Gasteiger charge is 2.29. The molecule has 7 aromatic rings. The van der Waals surface area contributed by atoms with E-state index in [4.69, 9.17) is 9.72 Å². The van der Waals surface area contributed by atoms with Gasteiger partial charge < -0.3 is 15.4 Å². The van der Waals surface area contributed by atoms with Gasteiger partial charge in [0.1, 0.15) is 24.6 Å². The van der Waals surface area contributed by atoms with Gasteiger partial charge in [-0.2, -0.15) is 0 Å². The molecule has 0 saturated heterocycles. The molecule has 0 saturated carbocycles. The van der Waals surface area contributed by atoms with E-state index < -0.39 is 17.8 Å². The number of amides is 2. The van der Waals surface area contributed by atoms with Crippen molar-refractivity contribution in [1.82, 2.24) is 19.9 Å². The first-order chi connectivity index (χ1) is 26.8. The monoisotopic (exact) mass is 747 g/mol. The summed E-state index contributed by atoms with van der Waals surface area (Å²) in [7, 11) is 0. The number of nitrogens with zero attached hydrogens (tertiary/aromatic N) is 4. The van der Waals surface area contributed by atoms with E-state index in [1.54, 1.807) is 12.1 Å². The smallest absolute Gasteiger partial charge is 0.411 e. The van der Waals surface area contributed by atoms with E-state index in [0.717, 1.165) is 32.8 Å². The summed E-state index contributed by atoms with van der Waals surface area (Å²) in [6, 6.07) is 34.1. The maximum atomic E-state index is 13.8. The fourth-order valence-electron chi connectivity index (χ4n) is 6.53. The Morgan fingerprint density at radius 2 is 1.56 bits per heavy atom. The molecule has 55 heavy (non-hydrogen) atoms. The first-order valence-corrected chi connectivity index (χ1v) is 18.5. The first kappa shape index (κ1) is 35.4. The molecule has 1 aliphatic carbocycles. The summed E-state index contributed by atoms with van der Waals surface area (Å²) in [4.78, 5) is 45.3. The number of benzene rings is 4. The molecule has 12 heteroatoms. The molecule has 3 N–H and O–H groups in total. The second-order valence-electron chi connectivity index (χ2n) is 13.2. The Morgan fingerprint density at radius 1 is 0.818 bits per heavy atom. The summed E-state index contributed by atoms with van der Waals surface area (Å²) >= 11 is 1.46. The number of rotatable bonds is 10. The van der Waals surface area contributed by atoms with Crippen molar-refractivity contribution < 1.29 is 18.7 Å². The zero-order chi connectivity index (χ0) is 37.9. The van der Waals surface area contributed by atoms with Gasteiger partial charge in [-0.1, -0.05) is 74.1 Å². The van der Waals surface area contributed by atoms with Gasteiger partial charge in [0.15, 0.2) is 5.65 Å². The normalized spacial score (nSPS) is 11.9. The predicted molar refractivity (Wildman–Crippen MR) is 213 cm³/mol. The molecule has 0 fully saturated rings. The summed E-state index contributed by atoms with van der Waals surface area (Å²) < 4.78 is 19.5. The molecule has 1 aliphatic rings. The van der Waals surface area contributed by atoms with Gasteiger partial charge in [0.05, 0.1) is 29.2 Å². The number of hydrogen-bond acceptors (Lipinski definition) is 9. The third-order valence-corrected chi connectivity index (χ3v) is 10.3.